The van der Waals surface area contributed by atoms with Crippen LogP contribution in [0, 0.1) is 11.7 Å². The summed E-state index contributed by atoms with van der Waals surface area (Å²) in [6.07, 6.45) is -0.638. The number of carbonyl (C=O) groups excluding carboxylic acids is 2. The van der Waals surface area contributed by atoms with Gasteiger partial charge in [0, 0.05) is 44.8 Å². The molecule has 0 spiro atoms. The quantitative estimate of drug-likeness (QED) is 0.501. The Morgan fingerprint density at radius 3 is 2.62 bits per heavy atom. The van der Waals surface area contributed by atoms with E-state index in [0.717, 1.165) is 6.04 Å². The maximum atomic E-state index is 14.8. The molecule has 9 heteroatoms. The van der Waals surface area contributed by atoms with Gasteiger partial charge in [0.25, 0.3) is 0 Å². The van der Waals surface area contributed by atoms with Crippen LogP contribution in [0.5, 0.6) is 0 Å². The molecule has 2 unspecified atom stereocenters. The van der Waals surface area contributed by atoms with Crippen molar-refractivity contribution in [2.75, 3.05) is 24.6 Å². The Bertz CT molecular complexity index is 795. The molecule has 2 N–H and O–H groups in total. The van der Waals surface area contributed by atoms with E-state index in [4.69, 9.17) is 16.3 Å². The van der Waals surface area contributed by atoms with E-state index >= 15 is 0 Å². The van der Waals surface area contributed by atoms with Crippen LogP contribution >= 0.6 is 11.6 Å². The number of nitrogens with zero attached hydrogens (tertiary/aromatic N) is 1. The number of aliphatic hydroxyl groups excluding tert-OH is 1. The first-order valence-corrected chi connectivity index (χ1v) is 14.0. The third-order valence-electron chi connectivity index (χ3n) is 5.37. The first-order chi connectivity index (χ1) is 13.5. The number of piperidine rings is 1. The molecule has 2 atom stereocenters. The van der Waals surface area contributed by atoms with Crippen LogP contribution in [0.25, 0.3) is 0 Å². The summed E-state index contributed by atoms with van der Waals surface area (Å²) in [5, 5.41) is 12.1. The molecular formula is C20H28ClFN2O4Si. The highest BCUT2D eigenvalue weighted by atomic mass is 35.5. The van der Waals surface area contributed by atoms with Gasteiger partial charge >= 0.3 is 0 Å². The number of ether oxygens (including phenoxy) is 1. The lowest BCUT2D eigenvalue weighted by Crippen LogP contribution is -2.51. The fourth-order valence-electron chi connectivity index (χ4n) is 3.58. The zero-order valence-electron chi connectivity index (χ0n) is 17.0. The van der Waals surface area contributed by atoms with E-state index in [2.05, 4.69) is 25.0 Å². The molecule has 3 rings (SSSR count). The van der Waals surface area contributed by atoms with Gasteiger partial charge in [-0.3, -0.25) is 14.9 Å². The third kappa shape index (κ3) is 5.36. The van der Waals surface area contributed by atoms with Crippen molar-refractivity contribution in [3.8, 4) is 0 Å². The monoisotopic (exact) mass is 442 g/mol. The van der Waals surface area contributed by atoms with Crippen molar-refractivity contribution in [2.45, 2.75) is 50.7 Å². The Morgan fingerprint density at radius 2 is 2.03 bits per heavy atom. The van der Waals surface area contributed by atoms with Crippen molar-refractivity contribution >= 4 is 37.2 Å². The average Bonchev–Trinajstić information content (AvgIpc) is 2.58. The number of hydrogen-bond donors (Lipinski definition) is 2. The number of anilines is 1. The minimum atomic E-state index is -1.37. The summed E-state index contributed by atoms with van der Waals surface area (Å²) in [5.41, 5.74) is 0.743. The van der Waals surface area contributed by atoms with Gasteiger partial charge in [-0.25, -0.2) is 4.39 Å². The summed E-state index contributed by atoms with van der Waals surface area (Å²) in [5.74, 6) is -1.80. The SMILES string of the molecule is C[Si](C)(C)CCOC(c1cc(F)c(N2CC(O)C2)cc1Cl)C1CCC(=O)NC1=O. The molecule has 2 heterocycles. The van der Waals surface area contributed by atoms with Crippen molar-refractivity contribution in [2.24, 2.45) is 5.92 Å². The molecule has 6 nitrogen and oxygen atoms in total. The van der Waals surface area contributed by atoms with Crippen LogP contribution in [0.1, 0.15) is 24.5 Å². The van der Waals surface area contributed by atoms with Gasteiger partial charge in [-0.15, -0.1) is 0 Å². The Morgan fingerprint density at radius 1 is 1.34 bits per heavy atom. The number of carbonyl (C=O) groups is 2. The number of aliphatic hydroxyl groups is 1. The molecule has 2 aliphatic rings. The molecule has 2 aliphatic heterocycles. The number of benzene rings is 1. The van der Waals surface area contributed by atoms with Crippen molar-refractivity contribution in [3.63, 3.8) is 0 Å². The van der Waals surface area contributed by atoms with Gasteiger partial charge in [-0.05, 0) is 24.6 Å². The van der Waals surface area contributed by atoms with E-state index < -0.39 is 37.9 Å². The second-order valence-electron chi connectivity index (χ2n) is 9.04. The highest BCUT2D eigenvalue weighted by Crippen LogP contribution is 2.39. The van der Waals surface area contributed by atoms with Crippen LogP contribution in [0.4, 0.5) is 10.1 Å². The predicted octanol–water partition coefficient (Wildman–Crippen LogP) is 3.11. The molecule has 0 aliphatic carbocycles. The molecular weight excluding hydrogens is 415 g/mol. The molecule has 29 heavy (non-hydrogen) atoms. The minimum Gasteiger partial charge on any atom is -0.389 e. The molecule has 0 saturated carbocycles. The summed E-state index contributed by atoms with van der Waals surface area (Å²) >= 11 is 6.50. The lowest BCUT2D eigenvalue weighted by atomic mass is 9.88. The lowest BCUT2D eigenvalue weighted by Gasteiger charge is -2.38. The Kier molecular flexibility index (Phi) is 6.67. The molecule has 0 aromatic heterocycles. The first-order valence-electron chi connectivity index (χ1n) is 9.92. The molecule has 0 bridgehead atoms. The smallest absolute Gasteiger partial charge is 0.232 e. The van der Waals surface area contributed by atoms with Crippen LogP contribution in [0.3, 0.4) is 0 Å². The van der Waals surface area contributed by atoms with Gasteiger partial charge in [0.05, 0.1) is 23.8 Å². The van der Waals surface area contributed by atoms with E-state index in [9.17, 15) is 19.1 Å². The van der Waals surface area contributed by atoms with E-state index in [1.54, 1.807) is 4.90 Å². The van der Waals surface area contributed by atoms with Crippen LogP contribution < -0.4 is 10.2 Å². The zero-order valence-corrected chi connectivity index (χ0v) is 18.8. The third-order valence-corrected chi connectivity index (χ3v) is 7.40. The van der Waals surface area contributed by atoms with Gasteiger partial charge in [0.1, 0.15) is 5.82 Å². The largest absolute Gasteiger partial charge is 0.389 e. The van der Waals surface area contributed by atoms with Gasteiger partial charge < -0.3 is 14.7 Å². The summed E-state index contributed by atoms with van der Waals surface area (Å²) in [7, 11) is -1.37. The molecule has 1 aromatic carbocycles. The summed E-state index contributed by atoms with van der Waals surface area (Å²) in [4.78, 5) is 25.7. The number of halogens is 2. The fraction of sp³-hybridized carbons (Fsp3) is 0.600. The maximum Gasteiger partial charge on any atom is 0.232 e. The maximum absolute atomic E-state index is 14.8. The average molecular weight is 443 g/mol. The van der Waals surface area contributed by atoms with Crippen molar-refractivity contribution in [1.29, 1.82) is 0 Å². The van der Waals surface area contributed by atoms with Crippen LogP contribution in [0.15, 0.2) is 12.1 Å². The summed E-state index contributed by atoms with van der Waals surface area (Å²) in [6.45, 7) is 7.82. The molecule has 160 valence electrons. The van der Waals surface area contributed by atoms with Gasteiger partial charge in [-0.1, -0.05) is 31.2 Å². The molecule has 2 amide bonds. The number of amides is 2. The fourth-order valence-corrected chi connectivity index (χ4v) is 4.57. The summed E-state index contributed by atoms with van der Waals surface area (Å²) < 4.78 is 20.9. The lowest BCUT2D eigenvalue weighted by molar-refractivity contribution is -0.141. The van der Waals surface area contributed by atoms with Crippen molar-refractivity contribution in [3.05, 3.63) is 28.5 Å². The number of nitrogens with one attached hydrogen (secondary N) is 1. The summed E-state index contributed by atoms with van der Waals surface area (Å²) in [6, 6.07) is 3.74. The first kappa shape index (κ1) is 22.2. The minimum absolute atomic E-state index is 0.216. The van der Waals surface area contributed by atoms with Crippen LogP contribution in [0.2, 0.25) is 30.7 Å². The predicted molar refractivity (Wildman–Crippen MR) is 112 cm³/mol. The van der Waals surface area contributed by atoms with Gasteiger partial charge in [-0.2, -0.15) is 0 Å². The molecule has 2 fully saturated rings. The van der Waals surface area contributed by atoms with Crippen LogP contribution in [-0.4, -0.2) is 50.8 Å². The van der Waals surface area contributed by atoms with Crippen LogP contribution in [-0.2, 0) is 14.3 Å². The van der Waals surface area contributed by atoms with E-state index in [1.807, 2.05) is 0 Å². The topological polar surface area (TPSA) is 78.9 Å². The molecule has 0 radical (unpaired) electrons. The van der Waals surface area contributed by atoms with Gasteiger partial charge in [0.2, 0.25) is 11.8 Å². The molecule has 1 aromatic rings. The highest BCUT2D eigenvalue weighted by molar-refractivity contribution is 6.76. The van der Waals surface area contributed by atoms with E-state index in [0.29, 0.717) is 42.4 Å². The number of β-amino-alcohol motifs (C(OH)–C–C–N with tert-alkyl or cyclic N) is 1. The van der Waals surface area contributed by atoms with E-state index in [-0.39, 0.29) is 12.3 Å². The number of imide groups is 1. The van der Waals surface area contributed by atoms with Crippen molar-refractivity contribution < 1.29 is 23.8 Å². The Balaban J connectivity index is 1.87. The zero-order chi connectivity index (χ0) is 21.3. The Hall–Kier alpha value is -1.48. The highest BCUT2D eigenvalue weighted by Gasteiger charge is 2.37. The Labute approximate surface area is 176 Å². The standard InChI is InChI=1S/C20H28ClFN2O4Si/c1-29(2,3)7-6-28-19(13-4-5-18(26)23-20(13)27)14-8-16(22)17(9-15(14)21)24-10-12(25)11-24/h8-9,12-13,19,25H,4-7,10-11H2,1-3H3,(H,23,26,27). The second-order valence-corrected chi connectivity index (χ2v) is 15.1. The normalized spacial score (nSPS) is 21.7. The van der Waals surface area contributed by atoms with Crippen molar-refractivity contribution in [1.82, 2.24) is 5.32 Å². The second kappa shape index (κ2) is 8.71. The van der Waals surface area contributed by atoms with E-state index in [1.165, 1.54) is 12.1 Å². The number of hydrogen-bond acceptors (Lipinski definition) is 5. The van der Waals surface area contributed by atoms with Gasteiger partial charge in [0.15, 0.2) is 0 Å². The molecule has 2 saturated heterocycles. The number of rotatable bonds is 7.